The molecule has 0 bridgehead atoms. The number of hydrogen-bond donors (Lipinski definition) is 2. The van der Waals surface area contributed by atoms with Gasteiger partial charge in [0.1, 0.15) is 18.8 Å². The second-order valence-electron chi connectivity index (χ2n) is 5.04. The first-order chi connectivity index (χ1) is 11.7. The number of methoxy groups -OCH3 is 1. The van der Waals surface area contributed by atoms with E-state index in [1.807, 2.05) is 24.3 Å². The normalized spacial score (nSPS) is 10.8. The number of benzene rings is 2. The van der Waals surface area contributed by atoms with E-state index in [0.717, 1.165) is 10.2 Å². The monoisotopic (exact) mass is 389 g/mol. The summed E-state index contributed by atoms with van der Waals surface area (Å²) in [4.78, 5) is 8.52. The van der Waals surface area contributed by atoms with Crippen molar-refractivity contribution in [2.75, 3.05) is 25.6 Å². The number of aromatic nitrogens is 2. The van der Waals surface area contributed by atoms with Gasteiger partial charge in [0.25, 0.3) is 0 Å². The number of hydrogen-bond acceptors (Lipinski definition) is 6. The number of anilines is 2. The highest BCUT2D eigenvalue weighted by molar-refractivity contribution is 9.10. The van der Waals surface area contributed by atoms with Crippen molar-refractivity contribution in [2.24, 2.45) is 0 Å². The highest BCUT2D eigenvalue weighted by Gasteiger charge is 2.10. The number of ether oxygens (including phenoxy) is 2. The Balaban J connectivity index is 1.93. The molecule has 124 valence electrons. The molecule has 0 fully saturated rings. The summed E-state index contributed by atoms with van der Waals surface area (Å²) < 4.78 is 11.4. The summed E-state index contributed by atoms with van der Waals surface area (Å²) in [5.41, 5.74) is 1.55. The van der Waals surface area contributed by atoms with Gasteiger partial charge >= 0.3 is 0 Å². The third kappa shape index (κ3) is 3.74. The van der Waals surface area contributed by atoms with Crippen molar-refractivity contribution in [3.05, 3.63) is 47.2 Å². The van der Waals surface area contributed by atoms with Gasteiger partial charge in [0.05, 0.1) is 12.1 Å². The fourth-order valence-electron chi connectivity index (χ4n) is 2.23. The lowest BCUT2D eigenvalue weighted by molar-refractivity contribution is 0.144. The van der Waals surface area contributed by atoms with Gasteiger partial charge in [-0.05, 0) is 24.3 Å². The average molecular weight is 390 g/mol. The van der Waals surface area contributed by atoms with Crippen molar-refractivity contribution in [3.63, 3.8) is 0 Å². The Labute approximate surface area is 147 Å². The van der Waals surface area contributed by atoms with Gasteiger partial charge in [0, 0.05) is 28.7 Å². The first-order valence-corrected chi connectivity index (χ1v) is 8.08. The predicted molar refractivity (Wildman–Crippen MR) is 96.0 cm³/mol. The Morgan fingerprint density at radius 1 is 1.17 bits per heavy atom. The zero-order chi connectivity index (χ0) is 16.9. The second kappa shape index (κ2) is 7.46. The molecule has 0 aliphatic carbocycles. The third-order valence-corrected chi connectivity index (χ3v) is 3.84. The van der Waals surface area contributed by atoms with Gasteiger partial charge in [-0.3, -0.25) is 0 Å². The summed E-state index contributed by atoms with van der Waals surface area (Å²) in [6.07, 6.45) is 1.47. The van der Waals surface area contributed by atoms with Gasteiger partial charge in [-0.25, -0.2) is 9.97 Å². The molecule has 0 radical (unpaired) electrons. The first kappa shape index (κ1) is 16.5. The highest BCUT2D eigenvalue weighted by Crippen LogP contribution is 2.34. The summed E-state index contributed by atoms with van der Waals surface area (Å²) in [5.74, 6) is 1.01. The van der Waals surface area contributed by atoms with E-state index in [2.05, 4.69) is 31.2 Å². The molecule has 3 aromatic rings. The minimum absolute atomic E-state index is 0.0331. The summed E-state index contributed by atoms with van der Waals surface area (Å²) in [6.45, 7) is 0.792. The molecule has 0 unspecified atom stereocenters. The Bertz CT molecular complexity index is 858. The third-order valence-electron chi connectivity index (χ3n) is 3.35. The summed E-state index contributed by atoms with van der Waals surface area (Å²) in [6, 6.07) is 11.0. The van der Waals surface area contributed by atoms with Gasteiger partial charge in [-0.15, -0.1) is 0 Å². The van der Waals surface area contributed by atoms with Gasteiger partial charge in [0.2, 0.25) is 0 Å². The number of aromatic hydroxyl groups is 1. The number of phenols is 1. The van der Waals surface area contributed by atoms with Crippen molar-refractivity contribution >= 4 is 38.3 Å². The topological polar surface area (TPSA) is 76.5 Å². The molecule has 0 aliphatic rings. The molecule has 24 heavy (non-hydrogen) atoms. The number of nitrogens with zero attached hydrogens (tertiary/aromatic N) is 2. The van der Waals surface area contributed by atoms with E-state index < -0.39 is 0 Å². The minimum atomic E-state index is 0.0331. The van der Waals surface area contributed by atoms with Crippen LogP contribution in [0.25, 0.3) is 10.9 Å². The van der Waals surface area contributed by atoms with E-state index in [0.29, 0.717) is 35.7 Å². The SMILES string of the molecule is COCCOc1cc2ncnc(Nc3cccc(Br)c3)c2cc1O. The molecule has 1 aromatic heterocycles. The molecular weight excluding hydrogens is 374 g/mol. The first-order valence-electron chi connectivity index (χ1n) is 7.29. The summed E-state index contributed by atoms with van der Waals surface area (Å²) >= 11 is 3.44. The number of fused-ring (bicyclic) bond motifs is 1. The molecule has 3 rings (SSSR count). The van der Waals surface area contributed by atoms with E-state index in [4.69, 9.17) is 9.47 Å². The van der Waals surface area contributed by atoms with Gasteiger partial charge in [-0.1, -0.05) is 22.0 Å². The maximum atomic E-state index is 10.2. The molecule has 0 atom stereocenters. The maximum Gasteiger partial charge on any atom is 0.163 e. The zero-order valence-corrected chi connectivity index (χ0v) is 14.6. The van der Waals surface area contributed by atoms with Crippen LogP contribution in [-0.4, -0.2) is 35.4 Å². The standard InChI is InChI=1S/C17H16BrN3O3/c1-23-5-6-24-16-9-14-13(8-15(16)22)17(20-10-19-14)21-12-4-2-3-11(18)7-12/h2-4,7-10,22H,5-6H2,1H3,(H,19,20,21). The molecule has 1 heterocycles. The van der Waals surface area contributed by atoms with Crippen LogP contribution in [0.15, 0.2) is 47.2 Å². The number of nitrogens with one attached hydrogen (secondary N) is 1. The lowest BCUT2D eigenvalue weighted by Gasteiger charge is -2.12. The summed E-state index contributed by atoms with van der Waals surface area (Å²) in [7, 11) is 1.59. The Morgan fingerprint density at radius 2 is 2.04 bits per heavy atom. The van der Waals surface area contributed by atoms with E-state index in [9.17, 15) is 5.11 Å². The van der Waals surface area contributed by atoms with Crippen molar-refractivity contribution in [2.45, 2.75) is 0 Å². The van der Waals surface area contributed by atoms with Crippen LogP contribution in [0.3, 0.4) is 0 Å². The molecule has 7 heteroatoms. The molecule has 0 amide bonds. The Morgan fingerprint density at radius 3 is 2.83 bits per heavy atom. The molecule has 6 nitrogen and oxygen atoms in total. The number of halogens is 1. The van der Waals surface area contributed by atoms with Crippen molar-refractivity contribution < 1.29 is 14.6 Å². The smallest absolute Gasteiger partial charge is 0.163 e. The largest absolute Gasteiger partial charge is 0.504 e. The lowest BCUT2D eigenvalue weighted by atomic mass is 10.2. The fraction of sp³-hybridized carbons (Fsp3) is 0.176. The minimum Gasteiger partial charge on any atom is -0.504 e. The molecule has 0 aliphatic heterocycles. The molecule has 2 aromatic carbocycles. The van der Waals surface area contributed by atoms with Crippen LogP contribution in [0.5, 0.6) is 11.5 Å². The number of phenolic OH excluding ortho intramolecular Hbond substituents is 1. The second-order valence-corrected chi connectivity index (χ2v) is 5.95. The van der Waals surface area contributed by atoms with E-state index in [-0.39, 0.29) is 5.75 Å². The molecule has 0 saturated carbocycles. The predicted octanol–water partition coefficient (Wildman–Crippen LogP) is 3.87. The molecule has 2 N–H and O–H groups in total. The zero-order valence-electron chi connectivity index (χ0n) is 13.0. The van der Waals surface area contributed by atoms with Crippen LogP contribution < -0.4 is 10.1 Å². The van der Waals surface area contributed by atoms with Crippen LogP contribution >= 0.6 is 15.9 Å². The fourth-order valence-corrected chi connectivity index (χ4v) is 2.62. The van der Waals surface area contributed by atoms with E-state index in [1.165, 1.54) is 6.33 Å². The Hall–Kier alpha value is -2.38. The quantitative estimate of drug-likeness (QED) is 0.623. The van der Waals surface area contributed by atoms with E-state index in [1.54, 1.807) is 19.2 Å². The van der Waals surface area contributed by atoms with Crippen LogP contribution in [-0.2, 0) is 4.74 Å². The van der Waals surface area contributed by atoms with Crippen LogP contribution in [0.1, 0.15) is 0 Å². The van der Waals surface area contributed by atoms with Gasteiger partial charge < -0.3 is 19.9 Å². The van der Waals surface area contributed by atoms with Crippen molar-refractivity contribution in [1.82, 2.24) is 9.97 Å². The van der Waals surface area contributed by atoms with Gasteiger partial charge in [0.15, 0.2) is 11.5 Å². The molecule has 0 spiro atoms. The lowest BCUT2D eigenvalue weighted by Crippen LogP contribution is -2.04. The average Bonchev–Trinajstić information content (AvgIpc) is 2.56. The maximum absolute atomic E-state index is 10.2. The molecule has 0 saturated heterocycles. The van der Waals surface area contributed by atoms with E-state index >= 15 is 0 Å². The van der Waals surface area contributed by atoms with Crippen LogP contribution in [0, 0.1) is 0 Å². The van der Waals surface area contributed by atoms with Crippen LogP contribution in [0.2, 0.25) is 0 Å². The van der Waals surface area contributed by atoms with Crippen molar-refractivity contribution in [3.8, 4) is 11.5 Å². The summed E-state index contributed by atoms with van der Waals surface area (Å²) in [5, 5.41) is 14.1. The van der Waals surface area contributed by atoms with Gasteiger partial charge in [-0.2, -0.15) is 0 Å². The van der Waals surface area contributed by atoms with Crippen LogP contribution in [0.4, 0.5) is 11.5 Å². The molecular formula is C17H16BrN3O3. The number of rotatable bonds is 6. The highest BCUT2D eigenvalue weighted by atomic mass is 79.9. The van der Waals surface area contributed by atoms with Crippen molar-refractivity contribution in [1.29, 1.82) is 0 Å². The Kier molecular flexibility index (Phi) is 5.12.